The molecule has 0 radical (unpaired) electrons. The molecule has 114 valence electrons. The van der Waals surface area contributed by atoms with E-state index in [0.29, 0.717) is 19.7 Å². The van der Waals surface area contributed by atoms with Crippen molar-refractivity contribution >= 4 is 17.5 Å². The number of hydrogen-bond donors (Lipinski definition) is 0. The molecule has 0 bridgehead atoms. The molecule has 1 aliphatic rings. The number of nitrogens with zero attached hydrogens (tertiary/aromatic N) is 2. The fraction of sp³-hybridized carbons (Fsp3) is 0.500. The van der Waals surface area contributed by atoms with Gasteiger partial charge in [-0.25, -0.2) is 0 Å². The molecule has 0 spiro atoms. The standard InChI is InChI=1S/C16H22N2O3/c1-3-11-21-13(2)16(20)17-9-10-18(15(19)12-17)14-7-5-4-6-8-14/h4-8,13H,3,9-12H2,1-2H3. The van der Waals surface area contributed by atoms with E-state index in [2.05, 4.69) is 0 Å². The van der Waals surface area contributed by atoms with Gasteiger partial charge in [0.15, 0.2) is 0 Å². The van der Waals surface area contributed by atoms with Gasteiger partial charge in [0.05, 0.1) is 0 Å². The summed E-state index contributed by atoms with van der Waals surface area (Å²) in [5.74, 6) is -0.159. The molecule has 1 heterocycles. The second-order valence-electron chi connectivity index (χ2n) is 5.15. The zero-order valence-electron chi connectivity index (χ0n) is 12.6. The first-order valence-electron chi connectivity index (χ1n) is 7.39. The van der Waals surface area contributed by atoms with Crippen LogP contribution in [-0.2, 0) is 14.3 Å². The fourth-order valence-corrected chi connectivity index (χ4v) is 2.37. The molecule has 2 amide bonds. The van der Waals surface area contributed by atoms with Gasteiger partial charge in [-0.3, -0.25) is 9.59 Å². The maximum atomic E-state index is 12.2. The first-order chi connectivity index (χ1) is 10.1. The van der Waals surface area contributed by atoms with E-state index in [-0.39, 0.29) is 18.4 Å². The molecule has 0 saturated carbocycles. The summed E-state index contributed by atoms with van der Waals surface area (Å²) in [6, 6.07) is 9.53. The molecule has 5 heteroatoms. The van der Waals surface area contributed by atoms with Crippen LogP contribution < -0.4 is 4.90 Å². The number of piperazine rings is 1. The van der Waals surface area contributed by atoms with Crippen molar-refractivity contribution in [1.29, 1.82) is 0 Å². The highest BCUT2D eigenvalue weighted by molar-refractivity contribution is 5.98. The van der Waals surface area contributed by atoms with Crippen molar-refractivity contribution < 1.29 is 14.3 Å². The van der Waals surface area contributed by atoms with Crippen LogP contribution in [0.1, 0.15) is 20.3 Å². The fourth-order valence-electron chi connectivity index (χ4n) is 2.37. The summed E-state index contributed by atoms with van der Waals surface area (Å²) in [6.07, 6.45) is 0.388. The number of amides is 2. The van der Waals surface area contributed by atoms with E-state index < -0.39 is 6.10 Å². The first kappa shape index (κ1) is 15.5. The Morgan fingerprint density at radius 2 is 2.00 bits per heavy atom. The largest absolute Gasteiger partial charge is 0.369 e. The van der Waals surface area contributed by atoms with E-state index in [1.165, 1.54) is 0 Å². The van der Waals surface area contributed by atoms with E-state index in [1.807, 2.05) is 37.3 Å². The lowest BCUT2D eigenvalue weighted by Gasteiger charge is -2.35. The van der Waals surface area contributed by atoms with Crippen molar-refractivity contribution in [2.24, 2.45) is 0 Å². The van der Waals surface area contributed by atoms with E-state index in [4.69, 9.17) is 4.74 Å². The van der Waals surface area contributed by atoms with Crippen LogP contribution in [0.15, 0.2) is 30.3 Å². The monoisotopic (exact) mass is 290 g/mol. The topological polar surface area (TPSA) is 49.9 Å². The predicted octanol–water partition coefficient (Wildman–Crippen LogP) is 1.68. The van der Waals surface area contributed by atoms with E-state index >= 15 is 0 Å². The minimum atomic E-state index is -0.485. The average molecular weight is 290 g/mol. The van der Waals surface area contributed by atoms with Crippen LogP contribution >= 0.6 is 0 Å². The zero-order valence-corrected chi connectivity index (χ0v) is 12.6. The number of para-hydroxylation sites is 1. The molecule has 2 rings (SSSR count). The molecule has 1 aromatic carbocycles. The Morgan fingerprint density at radius 1 is 1.29 bits per heavy atom. The second-order valence-corrected chi connectivity index (χ2v) is 5.15. The van der Waals surface area contributed by atoms with Gasteiger partial charge in [-0.15, -0.1) is 0 Å². The minimum absolute atomic E-state index is 0.0523. The number of rotatable bonds is 5. The summed E-state index contributed by atoms with van der Waals surface area (Å²) in [6.45, 7) is 5.48. The van der Waals surface area contributed by atoms with Gasteiger partial charge < -0.3 is 14.5 Å². The number of anilines is 1. The van der Waals surface area contributed by atoms with Gasteiger partial charge in [-0.1, -0.05) is 25.1 Å². The molecule has 1 atom stereocenters. The summed E-state index contributed by atoms with van der Waals surface area (Å²) < 4.78 is 5.44. The van der Waals surface area contributed by atoms with Gasteiger partial charge in [0, 0.05) is 25.4 Å². The normalized spacial score (nSPS) is 17.0. The summed E-state index contributed by atoms with van der Waals surface area (Å²) in [4.78, 5) is 27.8. The summed E-state index contributed by atoms with van der Waals surface area (Å²) in [5, 5.41) is 0. The Labute approximate surface area is 125 Å². The van der Waals surface area contributed by atoms with E-state index in [1.54, 1.807) is 16.7 Å². The van der Waals surface area contributed by atoms with Crippen molar-refractivity contribution in [2.75, 3.05) is 31.1 Å². The number of ether oxygens (including phenoxy) is 1. The van der Waals surface area contributed by atoms with Crippen LogP contribution in [-0.4, -0.2) is 49.1 Å². The van der Waals surface area contributed by atoms with Crippen LogP contribution in [0.2, 0.25) is 0 Å². The Hall–Kier alpha value is -1.88. The highest BCUT2D eigenvalue weighted by Gasteiger charge is 2.30. The third kappa shape index (κ3) is 3.82. The van der Waals surface area contributed by atoms with Crippen molar-refractivity contribution in [3.8, 4) is 0 Å². The molecule has 1 fully saturated rings. The van der Waals surface area contributed by atoms with Crippen LogP contribution in [0.25, 0.3) is 0 Å². The van der Waals surface area contributed by atoms with E-state index in [0.717, 1.165) is 12.1 Å². The molecule has 0 aromatic heterocycles. The molecule has 1 aliphatic heterocycles. The Bertz CT molecular complexity index is 490. The van der Waals surface area contributed by atoms with Gasteiger partial charge in [0.25, 0.3) is 5.91 Å². The molecule has 0 aliphatic carbocycles. The second kappa shape index (κ2) is 7.22. The smallest absolute Gasteiger partial charge is 0.251 e. The van der Waals surface area contributed by atoms with Crippen LogP contribution in [0, 0.1) is 0 Å². The van der Waals surface area contributed by atoms with Crippen molar-refractivity contribution in [2.45, 2.75) is 26.4 Å². The quantitative estimate of drug-likeness (QED) is 0.829. The molecule has 1 saturated heterocycles. The van der Waals surface area contributed by atoms with Gasteiger partial charge in [-0.05, 0) is 25.5 Å². The maximum absolute atomic E-state index is 12.2. The highest BCUT2D eigenvalue weighted by atomic mass is 16.5. The van der Waals surface area contributed by atoms with Crippen LogP contribution in [0.3, 0.4) is 0 Å². The molecule has 1 unspecified atom stereocenters. The van der Waals surface area contributed by atoms with Crippen LogP contribution in [0.5, 0.6) is 0 Å². The third-order valence-corrected chi connectivity index (χ3v) is 3.52. The van der Waals surface area contributed by atoms with Gasteiger partial charge >= 0.3 is 0 Å². The van der Waals surface area contributed by atoms with Gasteiger partial charge in [0.1, 0.15) is 12.6 Å². The van der Waals surface area contributed by atoms with Crippen molar-refractivity contribution in [1.82, 2.24) is 4.90 Å². The number of carbonyl (C=O) groups is 2. The SMILES string of the molecule is CCCOC(C)C(=O)N1CCN(c2ccccc2)C(=O)C1. The number of carbonyl (C=O) groups excluding carboxylic acids is 2. The lowest BCUT2D eigenvalue weighted by Crippen LogP contribution is -2.54. The molecule has 5 nitrogen and oxygen atoms in total. The molecular formula is C16H22N2O3. The lowest BCUT2D eigenvalue weighted by atomic mass is 10.2. The molecule has 0 N–H and O–H groups in total. The van der Waals surface area contributed by atoms with E-state index in [9.17, 15) is 9.59 Å². The van der Waals surface area contributed by atoms with Gasteiger partial charge in [0.2, 0.25) is 5.91 Å². The first-order valence-corrected chi connectivity index (χ1v) is 7.39. The molecular weight excluding hydrogens is 268 g/mol. The number of benzene rings is 1. The predicted molar refractivity (Wildman–Crippen MR) is 81.1 cm³/mol. The Kier molecular flexibility index (Phi) is 5.33. The molecule has 1 aromatic rings. The highest BCUT2D eigenvalue weighted by Crippen LogP contribution is 2.17. The van der Waals surface area contributed by atoms with Crippen molar-refractivity contribution in [3.05, 3.63) is 30.3 Å². The van der Waals surface area contributed by atoms with Crippen molar-refractivity contribution in [3.63, 3.8) is 0 Å². The maximum Gasteiger partial charge on any atom is 0.251 e. The Morgan fingerprint density at radius 3 is 2.62 bits per heavy atom. The summed E-state index contributed by atoms with van der Waals surface area (Å²) in [5.41, 5.74) is 0.880. The third-order valence-electron chi connectivity index (χ3n) is 3.52. The minimum Gasteiger partial charge on any atom is -0.369 e. The summed E-state index contributed by atoms with van der Waals surface area (Å²) >= 11 is 0. The average Bonchev–Trinajstić information content (AvgIpc) is 2.52. The van der Waals surface area contributed by atoms with Crippen LogP contribution in [0.4, 0.5) is 5.69 Å². The Balaban J connectivity index is 1.94. The van der Waals surface area contributed by atoms with Gasteiger partial charge in [-0.2, -0.15) is 0 Å². The lowest BCUT2D eigenvalue weighted by molar-refractivity contribution is -0.146. The summed E-state index contributed by atoms with van der Waals surface area (Å²) in [7, 11) is 0. The molecule has 21 heavy (non-hydrogen) atoms. The number of hydrogen-bond acceptors (Lipinski definition) is 3. The zero-order chi connectivity index (χ0) is 15.2.